The van der Waals surface area contributed by atoms with Gasteiger partial charge in [-0.25, -0.2) is 14.4 Å². The van der Waals surface area contributed by atoms with Gasteiger partial charge in [0.15, 0.2) is 11.6 Å². The minimum Gasteiger partial charge on any atom is -0.494 e. The van der Waals surface area contributed by atoms with Crippen molar-refractivity contribution in [1.29, 1.82) is 0 Å². The lowest BCUT2D eigenvalue weighted by atomic mass is 10.1. The summed E-state index contributed by atoms with van der Waals surface area (Å²) in [6, 6.07) is 7.43. The van der Waals surface area contributed by atoms with Crippen LogP contribution in [0.2, 0.25) is 0 Å². The fraction of sp³-hybridized carbons (Fsp3) is 0.500. The number of benzene rings is 1. The molecule has 5 nitrogen and oxygen atoms in total. The van der Waals surface area contributed by atoms with Crippen molar-refractivity contribution in [2.45, 2.75) is 33.2 Å². The molecule has 3 rings (SSSR count). The standard InChI is InChI=1S/C20H27FN4O/c1-4-6-17-13-19(23-15(2)22-17)25-11-9-24(10-12-25)14-16-7-5-8-18(26-3)20(16)21/h5,7-8,13H,4,6,9-12,14H2,1-3H3. The second-order valence-corrected chi connectivity index (χ2v) is 6.71. The molecule has 0 amide bonds. The third-order valence-corrected chi connectivity index (χ3v) is 4.74. The first-order valence-electron chi connectivity index (χ1n) is 9.24. The van der Waals surface area contributed by atoms with Crippen LogP contribution in [-0.4, -0.2) is 48.2 Å². The number of methoxy groups -OCH3 is 1. The minimum atomic E-state index is -0.256. The highest BCUT2D eigenvalue weighted by atomic mass is 19.1. The molecule has 2 aromatic rings. The molecule has 26 heavy (non-hydrogen) atoms. The molecule has 1 aliphatic rings. The van der Waals surface area contributed by atoms with Gasteiger partial charge in [0.2, 0.25) is 0 Å². The molecule has 1 aromatic carbocycles. The van der Waals surface area contributed by atoms with E-state index in [0.717, 1.165) is 56.4 Å². The Bertz CT molecular complexity index is 745. The van der Waals surface area contributed by atoms with Gasteiger partial charge in [0.1, 0.15) is 11.6 Å². The molecular weight excluding hydrogens is 331 g/mol. The molecule has 0 saturated carbocycles. The third kappa shape index (κ3) is 4.30. The Morgan fingerprint density at radius 2 is 1.92 bits per heavy atom. The SMILES string of the molecule is CCCc1cc(N2CCN(Cc3cccc(OC)c3F)CC2)nc(C)n1. The molecule has 0 N–H and O–H groups in total. The molecule has 0 aliphatic carbocycles. The van der Waals surface area contributed by atoms with E-state index < -0.39 is 0 Å². The van der Waals surface area contributed by atoms with Crippen LogP contribution in [0.3, 0.4) is 0 Å². The number of nitrogens with zero attached hydrogens (tertiary/aromatic N) is 4. The van der Waals surface area contributed by atoms with E-state index in [1.54, 1.807) is 6.07 Å². The molecular formula is C20H27FN4O. The highest BCUT2D eigenvalue weighted by Crippen LogP contribution is 2.22. The van der Waals surface area contributed by atoms with Crippen LogP contribution in [0.4, 0.5) is 10.2 Å². The second-order valence-electron chi connectivity index (χ2n) is 6.71. The predicted molar refractivity (Wildman–Crippen MR) is 101 cm³/mol. The van der Waals surface area contributed by atoms with Crippen LogP contribution in [0.1, 0.15) is 30.4 Å². The quantitative estimate of drug-likeness (QED) is 0.793. The Labute approximate surface area is 154 Å². The highest BCUT2D eigenvalue weighted by Gasteiger charge is 2.20. The Morgan fingerprint density at radius 3 is 2.62 bits per heavy atom. The van der Waals surface area contributed by atoms with Crippen LogP contribution in [0.25, 0.3) is 0 Å². The first-order valence-corrected chi connectivity index (χ1v) is 9.24. The summed E-state index contributed by atoms with van der Waals surface area (Å²) >= 11 is 0. The van der Waals surface area contributed by atoms with Crippen LogP contribution in [0, 0.1) is 12.7 Å². The van der Waals surface area contributed by atoms with Gasteiger partial charge in [-0.1, -0.05) is 25.5 Å². The number of aryl methyl sites for hydroxylation is 2. The third-order valence-electron chi connectivity index (χ3n) is 4.74. The van der Waals surface area contributed by atoms with Crippen LogP contribution in [-0.2, 0) is 13.0 Å². The summed E-state index contributed by atoms with van der Waals surface area (Å²) in [6.45, 7) is 8.23. The fourth-order valence-corrected chi connectivity index (χ4v) is 3.37. The molecule has 1 aliphatic heterocycles. The Hall–Kier alpha value is -2.21. The van der Waals surface area contributed by atoms with E-state index in [0.29, 0.717) is 17.9 Å². The van der Waals surface area contributed by atoms with Crippen molar-refractivity contribution in [3.05, 3.63) is 47.2 Å². The van der Waals surface area contributed by atoms with E-state index in [-0.39, 0.29) is 5.82 Å². The number of hydrogen-bond acceptors (Lipinski definition) is 5. The van der Waals surface area contributed by atoms with Crippen molar-refractivity contribution < 1.29 is 9.13 Å². The smallest absolute Gasteiger partial charge is 0.169 e. The molecule has 1 fully saturated rings. The molecule has 0 bridgehead atoms. The van der Waals surface area contributed by atoms with E-state index in [2.05, 4.69) is 32.8 Å². The molecule has 6 heteroatoms. The molecule has 1 saturated heterocycles. The highest BCUT2D eigenvalue weighted by molar-refractivity contribution is 5.40. The number of piperazine rings is 1. The summed E-state index contributed by atoms with van der Waals surface area (Å²) in [4.78, 5) is 13.7. The van der Waals surface area contributed by atoms with E-state index in [1.807, 2.05) is 19.1 Å². The van der Waals surface area contributed by atoms with Crippen LogP contribution >= 0.6 is 0 Å². The zero-order chi connectivity index (χ0) is 18.5. The Balaban J connectivity index is 1.63. The largest absolute Gasteiger partial charge is 0.494 e. The summed E-state index contributed by atoms with van der Waals surface area (Å²) in [7, 11) is 1.50. The average Bonchev–Trinajstić information content (AvgIpc) is 2.64. The molecule has 2 heterocycles. The maximum absolute atomic E-state index is 14.4. The van der Waals surface area contributed by atoms with Crippen molar-refractivity contribution >= 4 is 5.82 Å². The van der Waals surface area contributed by atoms with E-state index in [9.17, 15) is 4.39 Å². The number of rotatable bonds is 6. The zero-order valence-corrected chi connectivity index (χ0v) is 15.8. The molecule has 0 radical (unpaired) electrons. The Morgan fingerprint density at radius 1 is 1.15 bits per heavy atom. The van der Waals surface area contributed by atoms with Crippen molar-refractivity contribution in [2.75, 3.05) is 38.2 Å². The van der Waals surface area contributed by atoms with Gasteiger partial charge in [-0.15, -0.1) is 0 Å². The number of ether oxygens (including phenoxy) is 1. The molecule has 0 spiro atoms. The number of aromatic nitrogens is 2. The summed E-state index contributed by atoms with van der Waals surface area (Å²) in [5.41, 5.74) is 1.79. The van der Waals surface area contributed by atoms with Gasteiger partial charge in [-0.3, -0.25) is 4.90 Å². The van der Waals surface area contributed by atoms with Gasteiger partial charge < -0.3 is 9.64 Å². The minimum absolute atomic E-state index is 0.256. The van der Waals surface area contributed by atoms with Gasteiger partial charge in [-0.05, 0) is 19.4 Å². The lowest BCUT2D eigenvalue weighted by Crippen LogP contribution is -2.46. The van der Waals surface area contributed by atoms with E-state index >= 15 is 0 Å². The van der Waals surface area contributed by atoms with Crippen molar-refractivity contribution in [3.63, 3.8) is 0 Å². The lowest BCUT2D eigenvalue weighted by Gasteiger charge is -2.35. The van der Waals surface area contributed by atoms with Crippen molar-refractivity contribution in [3.8, 4) is 5.75 Å². The summed E-state index contributed by atoms with van der Waals surface area (Å²) in [5, 5.41) is 0. The normalized spacial score (nSPS) is 15.3. The lowest BCUT2D eigenvalue weighted by molar-refractivity contribution is 0.245. The van der Waals surface area contributed by atoms with Crippen molar-refractivity contribution in [1.82, 2.24) is 14.9 Å². The molecule has 1 aromatic heterocycles. The predicted octanol–water partition coefficient (Wildman–Crippen LogP) is 3.21. The van der Waals surface area contributed by atoms with Gasteiger partial charge in [0.05, 0.1) is 7.11 Å². The maximum atomic E-state index is 14.4. The molecule has 0 atom stereocenters. The fourth-order valence-electron chi connectivity index (χ4n) is 3.37. The summed E-state index contributed by atoms with van der Waals surface area (Å²) in [5.74, 6) is 1.88. The second kappa shape index (κ2) is 8.45. The van der Waals surface area contributed by atoms with Gasteiger partial charge >= 0.3 is 0 Å². The zero-order valence-electron chi connectivity index (χ0n) is 15.8. The summed E-state index contributed by atoms with van der Waals surface area (Å²) in [6.07, 6.45) is 2.06. The number of halogens is 1. The van der Waals surface area contributed by atoms with E-state index in [4.69, 9.17) is 4.74 Å². The number of anilines is 1. The topological polar surface area (TPSA) is 41.5 Å². The maximum Gasteiger partial charge on any atom is 0.169 e. The van der Waals surface area contributed by atoms with Gasteiger partial charge in [0.25, 0.3) is 0 Å². The van der Waals surface area contributed by atoms with Crippen LogP contribution in [0.5, 0.6) is 5.75 Å². The first-order chi connectivity index (χ1) is 12.6. The Kier molecular flexibility index (Phi) is 6.04. The monoisotopic (exact) mass is 358 g/mol. The van der Waals surface area contributed by atoms with Crippen molar-refractivity contribution in [2.24, 2.45) is 0 Å². The molecule has 0 unspecified atom stereocenters. The molecule has 140 valence electrons. The van der Waals surface area contributed by atoms with Crippen LogP contribution in [0.15, 0.2) is 24.3 Å². The van der Waals surface area contributed by atoms with Gasteiger partial charge in [-0.2, -0.15) is 0 Å². The first kappa shape index (κ1) is 18.6. The van der Waals surface area contributed by atoms with Gasteiger partial charge in [0, 0.05) is 50.0 Å². The van der Waals surface area contributed by atoms with E-state index in [1.165, 1.54) is 7.11 Å². The van der Waals surface area contributed by atoms with Crippen LogP contribution < -0.4 is 9.64 Å². The average molecular weight is 358 g/mol. The number of hydrogen-bond donors (Lipinski definition) is 0. The summed E-state index contributed by atoms with van der Waals surface area (Å²) < 4.78 is 19.4.